The highest BCUT2D eigenvalue weighted by molar-refractivity contribution is 7.83. The van der Waals surface area contributed by atoms with Crippen LogP contribution in [0.25, 0.3) is 0 Å². The molecule has 2 aliphatic heterocycles. The zero-order chi connectivity index (χ0) is 34.8. The van der Waals surface area contributed by atoms with Crippen molar-refractivity contribution in [3.05, 3.63) is 70.3 Å². The number of nitrogens with zero attached hydrogens (tertiary/aromatic N) is 3. The number of likely N-dealkylation sites (N-methyl/N-ethyl adjacent to an activating group) is 1. The van der Waals surface area contributed by atoms with Gasteiger partial charge < -0.3 is 19.3 Å². The molecule has 5 atom stereocenters. The van der Waals surface area contributed by atoms with E-state index in [0.717, 1.165) is 94.4 Å². The fourth-order valence-corrected chi connectivity index (χ4v) is 9.16. The van der Waals surface area contributed by atoms with E-state index < -0.39 is 11.0 Å². The molecule has 2 aromatic rings. The number of rotatable bonds is 11. The third kappa shape index (κ3) is 7.91. The topological polar surface area (TPSA) is 74.4 Å². The number of aryl methyl sites for hydroxylation is 1. The van der Waals surface area contributed by atoms with Gasteiger partial charge in [0.1, 0.15) is 22.3 Å². The maximum atomic E-state index is 13.2. The molecule has 49 heavy (non-hydrogen) atoms. The fourth-order valence-electron chi connectivity index (χ4n) is 8.49. The van der Waals surface area contributed by atoms with Gasteiger partial charge in [-0.25, -0.2) is 4.21 Å². The standard InChI is InChI=1S/C39H55ClN4O4S/c1-6-49(46)41-37(45)30-10-14-36-35(23-30)44(25-38(27-48-36)16-7-8-29-22-32(40)11-13-33(29)38)24-31-9-12-34(31)39(47-5,17-15-28(2)3)26-43-20-18-42(4)19-21-43/h10-11,13-15,17,22-23,28,31,34H,6-9,12,16,18-21,24-27H2,1-5H3,(H,41,45)/b17-15+/t31?,34?,38-,39-,49?/m0/s1. The van der Waals surface area contributed by atoms with Gasteiger partial charge in [-0.1, -0.05) is 50.6 Å². The van der Waals surface area contributed by atoms with Crippen LogP contribution in [0.2, 0.25) is 5.02 Å². The van der Waals surface area contributed by atoms with E-state index in [2.05, 4.69) is 64.6 Å². The summed E-state index contributed by atoms with van der Waals surface area (Å²) in [6.45, 7) is 13.6. The van der Waals surface area contributed by atoms with Crippen molar-refractivity contribution in [2.24, 2.45) is 17.8 Å². The van der Waals surface area contributed by atoms with Crippen LogP contribution in [-0.2, 0) is 27.6 Å². The van der Waals surface area contributed by atoms with Crippen LogP contribution in [0.3, 0.4) is 0 Å². The van der Waals surface area contributed by atoms with E-state index in [0.29, 0.717) is 35.7 Å². The highest BCUT2D eigenvalue weighted by atomic mass is 35.5. The molecule has 0 radical (unpaired) electrons. The normalized spacial score (nSPS) is 26.4. The number of methoxy groups -OCH3 is 1. The molecule has 1 N–H and O–H groups in total. The van der Waals surface area contributed by atoms with E-state index in [9.17, 15) is 9.00 Å². The smallest absolute Gasteiger partial charge is 0.263 e. The van der Waals surface area contributed by atoms with E-state index in [-0.39, 0.29) is 16.9 Å². The number of hydrogen-bond acceptors (Lipinski definition) is 7. The highest BCUT2D eigenvalue weighted by Crippen LogP contribution is 2.49. The van der Waals surface area contributed by atoms with Crippen LogP contribution in [0.1, 0.15) is 67.9 Å². The Morgan fingerprint density at radius 3 is 2.67 bits per heavy atom. The summed E-state index contributed by atoms with van der Waals surface area (Å²) in [6.07, 6.45) is 10.0. The Hall–Kier alpha value is -2.43. The summed E-state index contributed by atoms with van der Waals surface area (Å²) in [5.74, 6) is 2.00. The van der Waals surface area contributed by atoms with E-state index in [1.54, 1.807) is 13.0 Å². The Morgan fingerprint density at radius 2 is 1.98 bits per heavy atom. The van der Waals surface area contributed by atoms with Gasteiger partial charge in [0, 0.05) is 74.7 Å². The van der Waals surface area contributed by atoms with Gasteiger partial charge in [-0.3, -0.25) is 14.4 Å². The number of carbonyl (C=O) groups is 1. The van der Waals surface area contributed by atoms with Crippen molar-refractivity contribution in [1.29, 1.82) is 0 Å². The molecular weight excluding hydrogens is 656 g/mol. The minimum Gasteiger partial charge on any atom is -0.490 e. The molecule has 2 aliphatic carbocycles. The molecule has 1 amide bonds. The maximum absolute atomic E-state index is 13.2. The zero-order valence-electron chi connectivity index (χ0n) is 30.0. The number of allylic oxidation sites excluding steroid dienone is 1. The van der Waals surface area contributed by atoms with Gasteiger partial charge in [-0.05, 0) is 98.4 Å². The minimum atomic E-state index is -1.42. The lowest BCUT2D eigenvalue weighted by atomic mass is 9.63. The van der Waals surface area contributed by atoms with Gasteiger partial charge in [0.2, 0.25) is 0 Å². The lowest BCUT2D eigenvalue weighted by molar-refractivity contribution is -0.0950. The zero-order valence-corrected chi connectivity index (χ0v) is 31.6. The average molecular weight is 711 g/mol. The molecular formula is C39H55ClN4O4S. The van der Waals surface area contributed by atoms with Crippen molar-refractivity contribution in [1.82, 2.24) is 14.5 Å². The number of benzene rings is 2. The van der Waals surface area contributed by atoms with Gasteiger partial charge in [0.15, 0.2) is 0 Å². The minimum absolute atomic E-state index is 0.210. The second kappa shape index (κ2) is 15.4. The Labute approximate surface area is 301 Å². The average Bonchev–Trinajstić information content (AvgIpc) is 3.23. The third-order valence-corrected chi connectivity index (χ3v) is 12.7. The molecule has 6 rings (SSSR count). The van der Waals surface area contributed by atoms with Crippen LogP contribution >= 0.6 is 11.6 Å². The maximum Gasteiger partial charge on any atom is 0.263 e. The van der Waals surface area contributed by atoms with Gasteiger partial charge >= 0.3 is 0 Å². The van der Waals surface area contributed by atoms with Crippen molar-refractivity contribution >= 4 is 34.2 Å². The van der Waals surface area contributed by atoms with E-state index in [4.69, 9.17) is 21.1 Å². The summed E-state index contributed by atoms with van der Waals surface area (Å²) in [6, 6.07) is 12.0. The molecule has 8 nitrogen and oxygen atoms in total. The molecule has 0 bridgehead atoms. The van der Waals surface area contributed by atoms with Crippen LogP contribution in [0.5, 0.6) is 5.75 Å². The molecule has 1 saturated carbocycles. The van der Waals surface area contributed by atoms with Crippen LogP contribution < -0.4 is 14.4 Å². The first-order valence-electron chi connectivity index (χ1n) is 18.2. The number of ether oxygens (including phenoxy) is 2. The number of amides is 1. The summed E-state index contributed by atoms with van der Waals surface area (Å²) in [5, 5.41) is 0.772. The molecule has 10 heteroatoms. The summed E-state index contributed by atoms with van der Waals surface area (Å²) >= 11 is 6.50. The quantitative estimate of drug-likeness (QED) is 0.283. The van der Waals surface area contributed by atoms with Crippen LogP contribution in [0.15, 0.2) is 48.6 Å². The van der Waals surface area contributed by atoms with Gasteiger partial charge in [0.25, 0.3) is 5.91 Å². The Kier molecular flexibility index (Phi) is 11.5. The molecule has 2 heterocycles. The Morgan fingerprint density at radius 1 is 1.18 bits per heavy atom. The SMILES string of the molecule is CCS(=O)NC(=O)c1ccc2c(c1)N(CC1CCC1[C@](/C=C/C(C)C)(CN1CCN(C)CC1)OC)C[C@@]1(CCCc3cc(Cl)ccc31)CO2. The van der Waals surface area contributed by atoms with Crippen molar-refractivity contribution in [3.63, 3.8) is 0 Å². The molecule has 1 spiro atoms. The lowest BCUT2D eigenvalue weighted by Crippen LogP contribution is -2.58. The first-order valence-corrected chi connectivity index (χ1v) is 19.9. The molecule has 2 fully saturated rings. The van der Waals surface area contributed by atoms with Crippen molar-refractivity contribution < 1.29 is 18.5 Å². The predicted molar refractivity (Wildman–Crippen MR) is 200 cm³/mol. The van der Waals surface area contributed by atoms with E-state index in [1.807, 2.05) is 25.3 Å². The summed E-state index contributed by atoms with van der Waals surface area (Å²) in [7, 11) is 2.68. The predicted octanol–water partition coefficient (Wildman–Crippen LogP) is 6.10. The molecule has 2 aromatic carbocycles. The van der Waals surface area contributed by atoms with Gasteiger partial charge in [-0.2, -0.15) is 0 Å². The molecule has 4 aliphatic rings. The summed E-state index contributed by atoms with van der Waals surface area (Å²) in [5.41, 5.74) is 3.46. The molecule has 1 saturated heterocycles. The van der Waals surface area contributed by atoms with E-state index in [1.165, 1.54) is 11.1 Å². The summed E-state index contributed by atoms with van der Waals surface area (Å²) in [4.78, 5) is 20.7. The van der Waals surface area contributed by atoms with Crippen LogP contribution in [-0.4, -0.2) is 97.8 Å². The number of hydrogen-bond donors (Lipinski definition) is 1. The van der Waals surface area contributed by atoms with Crippen LogP contribution in [0, 0.1) is 17.8 Å². The largest absolute Gasteiger partial charge is 0.490 e. The highest BCUT2D eigenvalue weighted by Gasteiger charge is 2.49. The first-order chi connectivity index (χ1) is 23.5. The van der Waals surface area contributed by atoms with Crippen molar-refractivity contribution in [3.8, 4) is 5.75 Å². The second-order valence-electron chi connectivity index (χ2n) is 15.1. The fraction of sp³-hybridized carbons (Fsp3) is 0.615. The number of anilines is 1. The third-order valence-electron chi connectivity index (χ3n) is 11.5. The first kappa shape index (κ1) is 36.4. The van der Waals surface area contributed by atoms with Gasteiger partial charge in [0.05, 0.1) is 12.3 Å². The number of nitrogens with one attached hydrogen (secondary N) is 1. The van der Waals surface area contributed by atoms with Crippen molar-refractivity contribution in [2.45, 2.75) is 63.9 Å². The van der Waals surface area contributed by atoms with E-state index >= 15 is 0 Å². The summed E-state index contributed by atoms with van der Waals surface area (Å²) < 4.78 is 28.2. The monoisotopic (exact) mass is 710 g/mol. The lowest BCUT2D eigenvalue weighted by Gasteiger charge is -2.52. The number of piperazine rings is 1. The van der Waals surface area contributed by atoms with Crippen LogP contribution in [0.4, 0.5) is 5.69 Å². The molecule has 268 valence electrons. The Bertz CT molecular complexity index is 1540. The Balaban J connectivity index is 1.35. The number of carbonyl (C=O) groups excluding carboxylic acids is 1. The number of fused-ring (bicyclic) bond motifs is 3. The second-order valence-corrected chi connectivity index (χ2v) is 17.0. The van der Waals surface area contributed by atoms with Crippen molar-refractivity contribution in [2.75, 3.05) is 77.2 Å². The number of halogens is 1. The van der Waals surface area contributed by atoms with Gasteiger partial charge in [-0.15, -0.1) is 0 Å². The molecule has 3 unspecified atom stereocenters. The molecule has 0 aromatic heterocycles.